The quantitative estimate of drug-likeness (QED) is 0.550. The Bertz CT molecular complexity index is 1110. The molecule has 0 radical (unpaired) electrons. The zero-order chi connectivity index (χ0) is 22.6. The predicted molar refractivity (Wildman–Crippen MR) is 130 cm³/mol. The van der Waals surface area contributed by atoms with Crippen LogP contribution in [0.5, 0.6) is 5.75 Å². The van der Waals surface area contributed by atoms with Crippen molar-refractivity contribution in [2.24, 2.45) is 0 Å². The van der Waals surface area contributed by atoms with Gasteiger partial charge in [-0.25, -0.2) is 0 Å². The van der Waals surface area contributed by atoms with Gasteiger partial charge in [-0.05, 0) is 44.4 Å². The normalized spacial score (nSPS) is 17.8. The van der Waals surface area contributed by atoms with E-state index in [1.807, 2.05) is 24.3 Å². The van der Waals surface area contributed by atoms with Crippen molar-refractivity contribution in [1.29, 1.82) is 0 Å². The average molecular weight is 464 g/mol. The molecule has 5 rings (SSSR count). The number of hydrogen-bond donors (Lipinski definition) is 1. The molecule has 3 aromatic rings. The number of anilines is 1. The number of carbonyl (C=O) groups excluding carboxylic acids is 1. The van der Waals surface area contributed by atoms with E-state index in [1.54, 1.807) is 0 Å². The molecule has 2 aliphatic rings. The zero-order valence-electron chi connectivity index (χ0n) is 18.9. The highest BCUT2D eigenvalue weighted by atomic mass is 32.2. The minimum Gasteiger partial charge on any atom is -0.493 e. The van der Waals surface area contributed by atoms with E-state index < -0.39 is 0 Å². The van der Waals surface area contributed by atoms with E-state index in [2.05, 4.69) is 56.2 Å². The van der Waals surface area contributed by atoms with E-state index in [0.717, 1.165) is 60.5 Å². The van der Waals surface area contributed by atoms with E-state index in [0.29, 0.717) is 6.61 Å². The van der Waals surface area contributed by atoms with E-state index in [1.165, 1.54) is 23.7 Å². The van der Waals surface area contributed by atoms with Gasteiger partial charge in [0.05, 0.1) is 24.1 Å². The molecule has 1 atom stereocenters. The van der Waals surface area contributed by atoms with Crippen LogP contribution in [-0.4, -0.2) is 46.1 Å². The minimum absolute atomic E-state index is 0.0142. The van der Waals surface area contributed by atoms with Gasteiger partial charge in [0, 0.05) is 25.1 Å². The average Bonchev–Trinajstić information content (AvgIpc) is 3.28. The smallest absolute Gasteiger partial charge is 0.232 e. The summed E-state index contributed by atoms with van der Waals surface area (Å²) in [6, 6.07) is 16.3. The number of rotatable bonds is 6. The number of nitrogens with zero attached hydrogens (tertiary/aromatic N) is 4. The van der Waals surface area contributed by atoms with E-state index >= 15 is 0 Å². The van der Waals surface area contributed by atoms with Crippen molar-refractivity contribution in [3.8, 4) is 11.4 Å². The van der Waals surface area contributed by atoms with E-state index in [-0.39, 0.29) is 17.7 Å². The van der Waals surface area contributed by atoms with Gasteiger partial charge in [0.15, 0.2) is 5.16 Å². The second-order valence-corrected chi connectivity index (χ2v) is 9.53. The fraction of sp³-hybridized carbons (Fsp3) is 0.400. The first kappa shape index (κ1) is 21.8. The maximum Gasteiger partial charge on any atom is 0.232 e. The van der Waals surface area contributed by atoms with Crippen LogP contribution in [0.2, 0.25) is 0 Å². The van der Waals surface area contributed by atoms with Gasteiger partial charge in [-0.3, -0.25) is 9.36 Å². The third kappa shape index (κ3) is 4.85. The standard InChI is InChI=1S/C25H29N5O2S/c1-18-9-11-19(12-10-18)30-24(29-14-5-2-6-15-29)27-28-25(30)33-17-23(31)26-21-13-16-32-22-8-4-3-7-20(21)22/h3-4,7-12,21H,2,5-6,13-17H2,1H3,(H,26,31). The highest BCUT2D eigenvalue weighted by Gasteiger charge is 2.25. The fourth-order valence-electron chi connectivity index (χ4n) is 4.43. The Morgan fingerprint density at radius 1 is 1.09 bits per heavy atom. The number of carbonyl (C=O) groups is 1. The molecule has 1 fully saturated rings. The van der Waals surface area contributed by atoms with Crippen LogP contribution >= 0.6 is 11.8 Å². The van der Waals surface area contributed by atoms with Crippen molar-refractivity contribution in [3.63, 3.8) is 0 Å². The first-order chi connectivity index (χ1) is 16.2. The van der Waals surface area contributed by atoms with Crippen LogP contribution in [0.4, 0.5) is 5.95 Å². The molecule has 3 heterocycles. The highest BCUT2D eigenvalue weighted by molar-refractivity contribution is 7.99. The lowest BCUT2D eigenvalue weighted by Gasteiger charge is -2.28. The Kier molecular flexibility index (Phi) is 6.53. The maximum atomic E-state index is 12.9. The number of nitrogens with one attached hydrogen (secondary N) is 1. The van der Waals surface area contributed by atoms with Crippen molar-refractivity contribution >= 4 is 23.6 Å². The van der Waals surface area contributed by atoms with Gasteiger partial charge in [-0.1, -0.05) is 47.7 Å². The van der Waals surface area contributed by atoms with Crippen molar-refractivity contribution < 1.29 is 9.53 Å². The van der Waals surface area contributed by atoms with Crippen molar-refractivity contribution in [2.75, 3.05) is 30.3 Å². The van der Waals surface area contributed by atoms with E-state index in [9.17, 15) is 4.79 Å². The molecule has 1 amide bonds. The number of amides is 1. The number of ether oxygens (including phenoxy) is 1. The Hall–Kier alpha value is -3.00. The summed E-state index contributed by atoms with van der Waals surface area (Å²) in [4.78, 5) is 15.2. The van der Waals surface area contributed by atoms with Crippen LogP contribution in [0.25, 0.3) is 5.69 Å². The second-order valence-electron chi connectivity index (χ2n) is 8.58. The molecule has 0 spiro atoms. The molecule has 33 heavy (non-hydrogen) atoms. The number of para-hydroxylation sites is 1. The summed E-state index contributed by atoms with van der Waals surface area (Å²) in [5, 5.41) is 12.9. The molecule has 0 saturated carbocycles. The molecule has 172 valence electrons. The number of thioether (sulfide) groups is 1. The maximum absolute atomic E-state index is 12.9. The monoisotopic (exact) mass is 463 g/mol. The lowest BCUT2D eigenvalue weighted by molar-refractivity contribution is -0.119. The van der Waals surface area contributed by atoms with Gasteiger partial charge in [0.1, 0.15) is 5.75 Å². The highest BCUT2D eigenvalue weighted by Crippen LogP contribution is 2.32. The second kappa shape index (κ2) is 9.87. The molecular weight excluding hydrogens is 434 g/mol. The summed E-state index contributed by atoms with van der Waals surface area (Å²) < 4.78 is 7.80. The topological polar surface area (TPSA) is 72.3 Å². The third-order valence-electron chi connectivity index (χ3n) is 6.17. The molecule has 1 aromatic heterocycles. The summed E-state index contributed by atoms with van der Waals surface area (Å²) in [6.45, 7) is 4.66. The SMILES string of the molecule is Cc1ccc(-n2c(SCC(=O)NC3CCOc4ccccc43)nnc2N2CCCCC2)cc1. The Labute approximate surface area is 198 Å². The van der Waals surface area contributed by atoms with Gasteiger partial charge >= 0.3 is 0 Å². The number of aryl methyl sites for hydroxylation is 1. The summed E-state index contributed by atoms with van der Waals surface area (Å²) in [5.41, 5.74) is 3.27. The number of benzene rings is 2. The first-order valence-electron chi connectivity index (χ1n) is 11.6. The Morgan fingerprint density at radius 3 is 2.70 bits per heavy atom. The lowest BCUT2D eigenvalue weighted by Crippen LogP contribution is -2.33. The summed E-state index contributed by atoms with van der Waals surface area (Å²) in [7, 11) is 0. The predicted octanol–water partition coefficient (Wildman–Crippen LogP) is 4.30. The lowest BCUT2D eigenvalue weighted by atomic mass is 10.0. The number of fused-ring (bicyclic) bond motifs is 1. The van der Waals surface area contributed by atoms with Gasteiger partial charge < -0.3 is 15.0 Å². The van der Waals surface area contributed by atoms with Gasteiger partial charge in [0.25, 0.3) is 0 Å². The molecule has 0 aliphatic carbocycles. The molecule has 7 nitrogen and oxygen atoms in total. The molecule has 2 aliphatic heterocycles. The van der Waals surface area contributed by atoms with Crippen LogP contribution in [0.1, 0.15) is 42.9 Å². The van der Waals surface area contributed by atoms with Crippen LogP contribution < -0.4 is 15.0 Å². The Balaban J connectivity index is 1.32. The number of piperidine rings is 1. The molecule has 1 saturated heterocycles. The largest absolute Gasteiger partial charge is 0.493 e. The molecule has 0 bridgehead atoms. The Morgan fingerprint density at radius 2 is 1.88 bits per heavy atom. The van der Waals surface area contributed by atoms with Gasteiger partial charge in [0.2, 0.25) is 11.9 Å². The summed E-state index contributed by atoms with van der Waals surface area (Å²) in [6.07, 6.45) is 4.36. The van der Waals surface area contributed by atoms with Gasteiger partial charge in [-0.2, -0.15) is 0 Å². The molecule has 8 heteroatoms. The van der Waals surface area contributed by atoms with Crippen LogP contribution in [0, 0.1) is 6.92 Å². The zero-order valence-corrected chi connectivity index (χ0v) is 19.7. The van der Waals surface area contributed by atoms with E-state index in [4.69, 9.17) is 4.74 Å². The van der Waals surface area contributed by atoms with Crippen LogP contribution in [0.3, 0.4) is 0 Å². The molecule has 1 unspecified atom stereocenters. The van der Waals surface area contributed by atoms with Crippen LogP contribution in [-0.2, 0) is 4.79 Å². The van der Waals surface area contributed by atoms with Crippen molar-refractivity contribution in [3.05, 3.63) is 59.7 Å². The molecule has 1 N–H and O–H groups in total. The van der Waals surface area contributed by atoms with Crippen molar-refractivity contribution in [2.45, 2.75) is 43.8 Å². The third-order valence-corrected chi connectivity index (χ3v) is 7.10. The number of hydrogen-bond acceptors (Lipinski definition) is 6. The fourth-order valence-corrected chi connectivity index (χ4v) is 5.19. The summed E-state index contributed by atoms with van der Waals surface area (Å²) >= 11 is 1.43. The van der Waals surface area contributed by atoms with Gasteiger partial charge in [-0.15, -0.1) is 10.2 Å². The number of aromatic nitrogens is 3. The first-order valence-corrected chi connectivity index (χ1v) is 12.6. The summed E-state index contributed by atoms with van der Waals surface area (Å²) in [5.74, 6) is 1.98. The molecule has 2 aromatic carbocycles. The molecular formula is C25H29N5O2S. The van der Waals surface area contributed by atoms with Crippen molar-refractivity contribution in [1.82, 2.24) is 20.1 Å². The minimum atomic E-state index is -0.0260. The van der Waals surface area contributed by atoms with Crippen LogP contribution in [0.15, 0.2) is 53.7 Å².